The molecule has 2 amide bonds. The molecule has 0 fully saturated rings. The second-order valence-corrected chi connectivity index (χ2v) is 3.87. The van der Waals surface area contributed by atoms with Crippen molar-refractivity contribution in [3.8, 4) is 0 Å². The second kappa shape index (κ2) is 6.12. The highest BCUT2D eigenvalue weighted by atomic mass is 79.9. The van der Waals surface area contributed by atoms with Gasteiger partial charge in [-0.2, -0.15) is 0 Å². The van der Waals surface area contributed by atoms with Gasteiger partial charge in [-0.1, -0.05) is 21.1 Å². The average Bonchev–Trinajstić information content (AvgIpc) is 2.29. The fourth-order valence-corrected chi connectivity index (χ4v) is 1.18. The van der Waals surface area contributed by atoms with Crippen LogP contribution in [0.25, 0.3) is 0 Å². The topological polar surface area (TPSA) is 53.9 Å². The minimum absolute atomic E-state index is 0.289. The van der Waals surface area contributed by atoms with Crippen LogP contribution in [0.4, 0.5) is 10.5 Å². The highest BCUT2D eigenvalue weighted by Crippen LogP contribution is 2.14. The largest absolute Gasteiger partial charge is 0.398 e. The summed E-state index contributed by atoms with van der Waals surface area (Å²) in [5, 5.41) is 6.18. The Morgan fingerprint density at radius 2 is 2.12 bits per heavy atom. The zero-order valence-electron chi connectivity index (χ0n) is 8.98. The number of carbonyl (C=O) groups is 1. The molecule has 1 aromatic carbocycles. The van der Waals surface area contributed by atoms with E-state index in [0.717, 1.165) is 4.47 Å². The molecule has 0 aromatic heterocycles. The molecule has 0 saturated heterocycles. The molecule has 6 heteroatoms. The Hall–Kier alpha value is -1.56. The molecule has 1 aromatic rings. The normalized spacial score (nSPS) is 10.2. The molecule has 5 nitrogen and oxygen atoms in total. The molecule has 0 heterocycles. The lowest BCUT2D eigenvalue weighted by Crippen LogP contribution is -2.30. The van der Waals surface area contributed by atoms with Crippen LogP contribution < -0.4 is 5.32 Å². The number of amides is 2. The summed E-state index contributed by atoms with van der Waals surface area (Å²) < 4.78 is 0.958. The van der Waals surface area contributed by atoms with Crippen LogP contribution in [0.15, 0.2) is 33.9 Å². The number of nitrogens with zero attached hydrogens (tertiary/aromatic N) is 2. The van der Waals surface area contributed by atoms with Gasteiger partial charge in [0.2, 0.25) is 0 Å². The van der Waals surface area contributed by atoms with Crippen molar-refractivity contribution in [3.63, 3.8) is 0 Å². The molecular formula is C10H12BrN3O2. The summed E-state index contributed by atoms with van der Waals surface area (Å²) in [4.78, 5) is 17.3. The molecule has 1 rings (SSSR count). The van der Waals surface area contributed by atoms with Gasteiger partial charge in [-0.3, -0.25) is 4.90 Å². The molecule has 0 aliphatic rings. The molecule has 0 spiro atoms. The van der Waals surface area contributed by atoms with Crippen LogP contribution in [0, 0.1) is 0 Å². The Morgan fingerprint density at radius 1 is 1.50 bits per heavy atom. The molecular weight excluding hydrogens is 274 g/mol. The first-order chi connectivity index (χ1) is 7.63. The van der Waals surface area contributed by atoms with Gasteiger partial charge in [-0.05, 0) is 24.3 Å². The van der Waals surface area contributed by atoms with Gasteiger partial charge in [0, 0.05) is 17.2 Å². The van der Waals surface area contributed by atoms with Gasteiger partial charge in [0.25, 0.3) is 0 Å². The van der Waals surface area contributed by atoms with Gasteiger partial charge in [-0.15, -0.1) is 0 Å². The van der Waals surface area contributed by atoms with Crippen LogP contribution in [0.3, 0.4) is 0 Å². The van der Waals surface area contributed by atoms with Crippen LogP contribution in [-0.4, -0.2) is 31.4 Å². The van der Waals surface area contributed by atoms with E-state index >= 15 is 0 Å². The predicted molar refractivity (Wildman–Crippen MR) is 66.4 cm³/mol. The van der Waals surface area contributed by atoms with Gasteiger partial charge < -0.3 is 10.2 Å². The predicted octanol–water partition coefficient (Wildman–Crippen LogP) is 2.50. The first-order valence-corrected chi connectivity index (χ1v) is 5.29. The van der Waals surface area contributed by atoms with Crippen LogP contribution in [0.2, 0.25) is 0 Å². The van der Waals surface area contributed by atoms with Crippen molar-refractivity contribution in [1.82, 2.24) is 4.90 Å². The Balaban J connectivity index is 2.57. The number of rotatable bonds is 3. The standard InChI is InChI=1S/C10H12BrN3O2/c1-14(7-12-16-2)10(15)13-9-5-3-8(11)4-6-9/h3-7H,1-2H3,(H,13,15). The van der Waals surface area contributed by atoms with E-state index in [0.29, 0.717) is 5.69 Å². The number of urea groups is 1. The fourth-order valence-electron chi connectivity index (χ4n) is 0.915. The lowest BCUT2D eigenvalue weighted by molar-refractivity contribution is 0.208. The number of nitrogens with one attached hydrogen (secondary N) is 1. The molecule has 0 aliphatic heterocycles. The number of carbonyl (C=O) groups excluding carboxylic acids is 1. The molecule has 0 aliphatic carbocycles. The summed E-state index contributed by atoms with van der Waals surface area (Å²) in [6.07, 6.45) is 1.29. The van der Waals surface area contributed by atoms with E-state index in [9.17, 15) is 4.79 Å². The van der Waals surface area contributed by atoms with Gasteiger partial charge >= 0.3 is 6.03 Å². The first-order valence-electron chi connectivity index (χ1n) is 4.49. The van der Waals surface area contributed by atoms with E-state index in [1.165, 1.54) is 18.3 Å². The number of hydrogen-bond acceptors (Lipinski definition) is 3. The smallest absolute Gasteiger partial charge is 0.326 e. The molecule has 0 bridgehead atoms. The number of benzene rings is 1. The Bertz CT molecular complexity index is 378. The van der Waals surface area contributed by atoms with Crippen molar-refractivity contribution in [2.75, 3.05) is 19.5 Å². The fraction of sp³-hybridized carbons (Fsp3) is 0.200. The van der Waals surface area contributed by atoms with Crippen molar-refractivity contribution >= 4 is 34.0 Å². The van der Waals surface area contributed by atoms with Crippen molar-refractivity contribution in [2.45, 2.75) is 0 Å². The molecule has 1 N–H and O–H groups in total. The van der Waals surface area contributed by atoms with Gasteiger partial charge in [0.1, 0.15) is 13.4 Å². The zero-order chi connectivity index (χ0) is 12.0. The van der Waals surface area contributed by atoms with Crippen molar-refractivity contribution in [3.05, 3.63) is 28.7 Å². The summed E-state index contributed by atoms with van der Waals surface area (Å²) in [6, 6.07) is 6.99. The van der Waals surface area contributed by atoms with E-state index in [-0.39, 0.29) is 6.03 Å². The summed E-state index contributed by atoms with van der Waals surface area (Å²) in [6.45, 7) is 0. The Labute approximate surface area is 102 Å². The van der Waals surface area contributed by atoms with Crippen LogP contribution in [-0.2, 0) is 4.84 Å². The van der Waals surface area contributed by atoms with E-state index in [4.69, 9.17) is 0 Å². The maximum Gasteiger partial charge on any atom is 0.326 e. The maximum atomic E-state index is 11.6. The molecule has 0 radical (unpaired) electrons. The lowest BCUT2D eigenvalue weighted by atomic mass is 10.3. The highest BCUT2D eigenvalue weighted by Gasteiger charge is 2.05. The Morgan fingerprint density at radius 3 is 2.69 bits per heavy atom. The van der Waals surface area contributed by atoms with E-state index in [1.54, 1.807) is 19.2 Å². The zero-order valence-corrected chi connectivity index (χ0v) is 10.6. The lowest BCUT2D eigenvalue weighted by Gasteiger charge is -2.12. The van der Waals surface area contributed by atoms with E-state index < -0.39 is 0 Å². The van der Waals surface area contributed by atoms with Gasteiger partial charge in [0.15, 0.2) is 0 Å². The van der Waals surface area contributed by atoms with Crippen molar-refractivity contribution in [1.29, 1.82) is 0 Å². The third-order valence-electron chi connectivity index (χ3n) is 1.74. The van der Waals surface area contributed by atoms with Gasteiger partial charge in [0.05, 0.1) is 0 Å². The first kappa shape index (κ1) is 12.5. The number of oxime groups is 1. The summed E-state index contributed by atoms with van der Waals surface area (Å²) >= 11 is 3.31. The number of hydrogen-bond donors (Lipinski definition) is 1. The van der Waals surface area contributed by atoms with Crippen LogP contribution in [0.5, 0.6) is 0 Å². The highest BCUT2D eigenvalue weighted by molar-refractivity contribution is 9.10. The average molecular weight is 286 g/mol. The quantitative estimate of drug-likeness (QED) is 0.527. The van der Waals surface area contributed by atoms with E-state index in [1.807, 2.05) is 12.1 Å². The third-order valence-corrected chi connectivity index (χ3v) is 2.27. The van der Waals surface area contributed by atoms with Crippen molar-refractivity contribution in [2.24, 2.45) is 5.16 Å². The monoisotopic (exact) mass is 285 g/mol. The minimum Gasteiger partial charge on any atom is -0.398 e. The van der Waals surface area contributed by atoms with E-state index in [2.05, 4.69) is 31.2 Å². The molecule has 0 atom stereocenters. The van der Waals surface area contributed by atoms with Crippen molar-refractivity contribution < 1.29 is 9.63 Å². The van der Waals surface area contributed by atoms with Crippen LogP contribution in [0.1, 0.15) is 0 Å². The second-order valence-electron chi connectivity index (χ2n) is 2.95. The Kier molecular flexibility index (Phi) is 4.78. The SMILES string of the molecule is CON=CN(C)C(=O)Nc1ccc(Br)cc1. The third kappa shape index (κ3) is 3.90. The maximum absolute atomic E-state index is 11.6. The molecule has 86 valence electrons. The minimum atomic E-state index is -0.289. The van der Waals surface area contributed by atoms with Gasteiger partial charge in [-0.25, -0.2) is 4.79 Å². The molecule has 0 unspecified atom stereocenters. The number of halogens is 1. The summed E-state index contributed by atoms with van der Waals surface area (Å²) in [5.74, 6) is 0. The molecule has 0 saturated carbocycles. The summed E-state index contributed by atoms with van der Waals surface area (Å²) in [5.41, 5.74) is 0.714. The molecule has 16 heavy (non-hydrogen) atoms. The summed E-state index contributed by atoms with van der Waals surface area (Å²) in [7, 11) is 2.99. The number of anilines is 1. The van der Waals surface area contributed by atoms with Crippen LogP contribution >= 0.6 is 15.9 Å².